The molecule has 0 saturated carbocycles. The average molecular weight is 251 g/mol. The third kappa shape index (κ3) is 5.76. The van der Waals surface area contributed by atoms with E-state index < -0.39 is 24.0 Å². The predicted octanol–water partition coefficient (Wildman–Crippen LogP) is 1.66. The van der Waals surface area contributed by atoms with Gasteiger partial charge in [-0.15, -0.1) is 11.6 Å². The lowest BCUT2D eigenvalue weighted by molar-refractivity contribution is -0.113. The van der Waals surface area contributed by atoms with E-state index in [2.05, 4.69) is 16.6 Å². The van der Waals surface area contributed by atoms with E-state index in [0.29, 0.717) is 0 Å². The van der Waals surface area contributed by atoms with Crippen LogP contribution in [-0.4, -0.2) is 29.2 Å². The van der Waals surface area contributed by atoms with Crippen molar-refractivity contribution < 1.29 is 22.8 Å². The first-order valence-corrected chi connectivity index (χ1v) is 3.89. The summed E-state index contributed by atoms with van der Waals surface area (Å²) in [6.45, 7) is 0. The van der Waals surface area contributed by atoms with Crippen LogP contribution in [-0.2, 0) is 4.79 Å². The van der Waals surface area contributed by atoms with Gasteiger partial charge in [-0.1, -0.05) is 11.6 Å². The minimum absolute atomic E-state index is 0.296. The summed E-state index contributed by atoms with van der Waals surface area (Å²) in [5.74, 6) is -1.89. The Hall–Kier alpha value is -0.820. The number of aliphatic imine (C=N–C) groups is 1. The standard InChI is InChI=1S/C3HClN2O2.C2H2ClF3/c4-1-2(7)6-3(8)5-1;3-1-2(4,5)6/h(H,6,7,8);1H2. The lowest BCUT2D eigenvalue weighted by atomic mass is 10.7. The van der Waals surface area contributed by atoms with E-state index in [1.54, 1.807) is 0 Å². The SMILES string of the molecule is FC(F)(F)CCl.O=C1N=C(Cl)C(=O)N1. The second-order valence-corrected chi connectivity index (χ2v) is 2.54. The van der Waals surface area contributed by atoms with Crippen LogP contribution < -0.4 is 5.32 Å². The number of rotatable bonds is 0. The molecule has 1 N–H and O–H groups in total. The van der Waals surface area contributed by atoms with E-state index in [1.807, 2.05) is 5.32 Å². The molecule has 0 spiro atoms. The van der Waals surface area contributed by atoms with Crippen molar-refractivity contribution in [2.75, 3.05) is 5.88 Å². The fraction of sp³-hybridized carbons (Fsp3) is 0.400. The second kappa shape index (κ2) is 5.16. The second-order valence-electron chi connectivity index (χ2n) is 1.91. The van der Waals surface area contributed by atoms with Crippen LogP contribution in [0, 0.1) is 0 Å². The Balaban J connectivity index is 0.000000255. The number of hydrogen-bond donors (Lipinski definition) is 1. The van der Waals surface area contributed by atoms with E-state index in [0.717, 1.165) is 0 Å². The summed E-state index contributed by atoms with van der Waals surface area (Å²) in [7, 11) is 0. The summed E-state index contributed by atoms with van der Waals surface area (Å²) in [4.78, 5) is 23.3. The smallest absolute Gasteiger partial charge is 0.270 e. The molecule has 3 amide bonds. The maximum Gasteiger partial charge on any atom is 0.402 e. The van der Waals surface area contributed by atoms with Crippen LogP contribution in [0.1, 0.15) is 0 Å². The summed E-state index contributed by atoms with van der Waals surface area (Å²) in [6, 6.07) is -0.694. The van der Waals surface area contributed by atoms with Gasteiger partial charge in [0.2, 0.25) is 0 Å². The number of imide groups is 1. The number of carbonyl (C=O) groups excluding carboxylic acids is 2. The first-order valence-electron chi connectivity index (χ1n) is 2.98. The van der Waals surface area contributed by atoms with Crippen molar-refractivity contribution in [3.05, 3.63) is 0 Å². The zero-order chi connectivity index (χ0) is 11.4. The Morgan fingerprint density at radius 2 is 1.79 bits per heavy atom. The van der Waals surface area contributed by atoms with E-state index in [4.69, 9.17) is 11.6 Å². The number of nitrogens with zero attached hydrogens (tertiary/aromatic N) is 1. The minimum Gasteiger partial charge on any atom is -0.270 e. The third-order valence-corrected chi connectivity index (χ3v) is 1.32. The molecule has 0 saturated heterocycles. The van der Waals surface area contributed by atoms with Gasteiger partial charge in [-0.2, -0.15) is 18.2 Å². The number of urea groups is 1. The molecule has 14 heavy (non-hydrogen) atoms. The highest BCUT2D eigenvalue weighted by molar-refractivity contribution is 6.85. The highest BCUT2D eigenvalue weighted by atomic mass is 35.5. The van der Waals surface area contributed by atoms with Gasteiger partial charge < -0.3 is 0 Å². The Labute approximate surface area is 86.1 Å². The van der Waals surface area contributed by atoms with Crippen molar-refractivity contribution >= 4 is 40.3 Å². The number of halogens is 5. The molecule has 9 heteroatoms. The van der Waals surface area contributed by atoms with E-state index in [9.17, 15) is 22.8 Å². The van der Waals surface area contributed by atoms with Crippen molar-refractivity contribution in [3.8, 4) is 0 Å². The third-order valence-electron chi connectivity index (χ3n) is 0.759. The number of carbonyl (C=O) groups is 2. The molecule has 0 aromatic carbocycles. The molecule has 1 aliphatic rings. The van der Waals surface area contributed by atoms with Gasteiger partial charge in [0.1, 0.15) is 5.88 Å². The molecule has 0 aromatic heterocycles. The molecular weight excluding hydrogens is 248 g/mol. The Morgan fingerprint density at radius 1 is 1.36 bits per heavy atom. The van der Waals surface area contributed by atoms with Gasteiger partial charge in [-0.25, -0.2) is 4.79 Å². The molecule has 1 rings (SSSR count). The predicted molar refractivity (Wildman–Crippen MR) is 43.6 cm³/mol. The van der Waals surface area contributed by atoms with E-state index in [1.165, 1.54) is 0 Å². The number of hydrogen-bond acceptors (Lipinski definition) is 2. The van der Waals surface area contributed by atoms with Crippen LogP contribution in [0.2, 0.25) is 0 Å². The first kappa shape index (κ1) is 13.2. The van der Waals surface area contributed by atoms with Crippen molar-refractivity contribution in [2.24, 2.45) is 4.99 Å². The van der Waals surface area contributed by atoms with Gasteiger partial charge in [0.15, 0.2) is 5.17 Å². The van der Waals surface area contributed by atoms with Gasteiger partial charge in [0.25, 0.3) is 5.91 Å². The van der Waals surface area contributed by atoms with Crippen molar-refractivity contribution in [3.63, 3.8) is 0 Å². The quantitative estimate of drug-likeness (QED) is 0.665. The maximum absolute atomic E-state index is 10.7. The summed E-state index contributed by atoms with van der Waals surface area (Å²) in [6.07, 6.45) is -4.19. The molecule has 1 heterocycles. The van der Waals surface area contributed by atoms with Gasteiger partial charge in [0, 0.05) is 0 Å². The van der Waals surface area contributed by atoms with Crippen LogP contribution in [0.5, 0.6) is 0 Å². The molecule has 0 bridgehead atoms. The highest BCUT2D eigenvalue weighted by Gasteiger charge is 2.24. The summed E-state index contributed by atoms with van der Waals surface area (Å²) in [5, 5.41) is 1.56. The molecule has 0 radical (unpaired) electrons. The molecule has 0 aliphatic carbocycles. The van der Waals surface area contributed by atoms with Crippen LogP contribution >= 0.6 is 23.2 Å². The van der Waals surface area contributed by atoms with Crippen LogP contribution in [0.25, 0.3) is 0 Å². The first-order chi connectivity index (χ1) is 6.26. The lowest BCUT2D eigenvalue weighted by Gasteiger charge is -1.94. The van der Waals surface area contributed by atoms with Gasteiger partial charge in [-0.3, -0.25) is 10.1 Å². The van der Waals surface area contributed by atoms with Gasteiger partial charge in [-0.05, 0) is 0 Å². The maximum atomic E-state index is 10.7. The van der Waals surface area contributed by atoms with Crippen LogP contribution in [0.15, 0.2) is 4.99 Å². The Kier molecular flexibility index (Phi) is 4.86. The Morgan fingerprint density at radius 3 is 1.86 bits per heavy atom. The normalized spacial score (nSPS) is 15.6. The van der Waals surface area contributed by atoms with Crippen LogP contribution in [0.3, 0.4) is 0 Å². The molecule has 0 unspecified atom stereocenters. The molecular formula is C5H3Cl2F3N2O2. The summed E-state index contributed by atoms with van der Waals surface area (Å²) >= 11 is 9.43. The van der Waals surface area contributed by atoms with Crippen LogP contribution in [0.4, 0.5) is 18.0 Å². The zero-order valence-corrected chi connectivity index (χ0v) is 7.87. The summed E-state index contributed by atoms with van der Waals surface area (Å²) in [5.41, 5.74) is 0. The average Bonchev–Trinajstić information content (AvgIpc) is 2.29. The molecule has 0 fully saturated rings. The van der Waals surface area contributed by atoms with E-state index >= 15 is 0 Å². The zero-order valence-electron chi connectivity index (χ0n) is 6.36. The van der Waals surface area contributed by atoms with Gasteiger partial charge >= 0.3 is 12.2 Å². The monoisotopic (exact) mass is 250 g/mol. The van der Waals surface area contributed by atoms with Crippen molar-refractivity contribution in [2.45, 2.75) is 6.18 Å². The fourth-order valence-corrected chi connectivity index (χ4v) is 0.441. The largest absolute Gasteiger partial charge is 0.402 e. The molecule has 4 nitrogen and oxygen atoms in total. The van der Waals surface area contributed by atoms with E-state index in [-0.39, 0.29) is 5.17 Å². The molecule has 0 aromatic rings. The molecule has 80 valence electrons. The lowest BCUT2D eigenvalue weighted by Crippen LogP contribution is -2.22. The number of nitrogens with one attached hydrogen (secondary N) is 1. The van der Waals surface area contributed by atoms with Crippen molar-refractivity contribution in [1.29, 1.82) is 0 Å². The molecule has 1 aliphatic heterocycles. The topological polar surface area (TPSA) is 58.5 Å². The highest BCUT2D eigenvalue weighted by Crippen LogP contribution is 2.14. The van der Waals surface area contributed by atoms with Gasteiger partial charge in [0.05, 0.1) is 0 Å². The minimum atomic E-state index is -4.19. The fourth-order valence-electron chi connectivity index (χ4n) is 0.317. The molecule has 0 atom stereocenters. The number of amides is 3. The summed E-state index contributed by atoms with van der Waals surface area (Å²) < 4.78 is 32.0. The van der Waals surface area contributed by atoms with Crippen molar-refractivity contribution in [1.82, 2.24) is 5.32 Å². The number of alkyl halides is 4. The Bertz CT molecular complexity index is 277.